The van der Waals surface area contributed by atoms with Gasteiger partial charge in [0.05, 0.1) is 0 Å². The summed E-state index contributed by atoms with van der Waals surface area (Å²) in [6.45, 7) is 3.93. The summed E-state index contributed by atoms with van der Waals surface area (Å²) >= 11 is 0. The van der Waals surface area contributed by atoms with Gasteiger partial charge < -0.3 is 5.11 Å². The van der Waals surface area contributed by atoms with Crippen molar-refractivity contribution in [3.8, 4) is 0 Å². The molecule has 0 amide bonds. The van der Waals surface area contributed by atoms with Gasteiger partial charge in [0.25, 0.3) is 0 Å². The number of aliphatic carboxylic acids is 1. The van der Waals surface area contributed by atoms with E-state index in [1.807, 2.05) is 13.8 Å². The monoisotopic (exact) mass is 289 g/mol. The lowest BCUT2D eigenvalue weighted by Gasteiger charge is -2.22. The van der Waals surface area contributed by atoms with E-state index >= 15 is 0 Å². The fourth-order valence-electron chi connectivity index (χ4n) is 1.95. The first-order valence-electron chi connectivity index (χ1n) is 6.32. The van der Waals surface area contributed by atoms with Crippen molar-refractivity contribution in [2.24, 2.45) is 0 Å². The number of nitrogens with one attached hydrogen (secondary N) is 1. The third kappa shape index (κ3) is 5.57. The highest BCUT2D eigenvalue weighted by atomic mass is 35.5. The maximum absolute atomic E-state index is 12.9. The Kier molecular flexibility index (Phi) is 8.35. The molecular weight excluding hydrogens is 269 g/mol. The van der Waals surface area contributed by atoms with Crippen molar-refractivity contribution in [2.45, 2.75) is 45.2 Å². The fourth-order valence-corrected chi connectivity index (χ4v) is 1.95. The van der Waals surface area contributed by atoms with Crippen LogP contribution in [-0.4, -0.2) is 17.1 Å². The van der Waals surface area contributed by atoms with Crippen LogP contribution in [0.5, 0.6) is 0 Å². The summed E-state index contributed by atoms with van der Waals surface area (Å²) in [5, 5.41) is 12.2. The Labute approximate surface area is 119 Å². The second-order valence-electron chi connectivity index (χ2n) is 4.36. The minimum Gasteiger partial charge on any atom is -0.480 e. The van der Waals surface area contributed by atoms with Crippen LogP contribution in [-0.2, 0) is 4.79 Å². The van der Waals surface area contributed by atoms with Crippen LogP contribution in [0.4, 0.5) is 4.39 Å². The molecule has 108 valence electrons. The first kappa shape index (κ1) is 17.9. The Morgan fingerprint density at radius 3 is 2.32 bits per heavy atom. The van der Waals surface area contributed by atoms with Gasteiger partial charge in [0, 0.05) is 6.04 Å². The molecule has 2 unspecified atom stereocenters. The molecule has 5 heteroatoms. The van der Waals surface area contributed by atoms with Crippen LogP contribution in [0.2, 0.25) is 0 Å². The topological polar surface area (TPSA) is 49.3 Å². The average Bonchev–Trinajstić information content (AvgIpc) is 2.35. The van der Waals surface area contributed by atoms with Gasteiger partial charge >= 0.3 is 5.97 Å². The highest BCUT2D eigenvalue weighted by molar-refractivity contribution is 5.85. The minimum absolute atomic E-state index is 0. The predicted octanol–water partition coefficient (Wildman–Crippen LogP) is 3.54. The van der Waals surface area contributed by atoms with E-state index in [9.17, 15) is 9.18 Å². The molecule has 0 saturated carbocycles. The largest absolute Gasteiger partial charge is 0.480 e. The first-order valence-corrected chi connectivity index (χ1v) is 6.32. The van der Waals surface area contributed by atoms with Crippen molar-refractivity contribution in [1.82, 2.24) is 5.32 Å². The highest BCUT2D eigenvalue weighted by Crippen LogP contribution is 2.18. The molecule has 1 aromatic rings. The van der Waals surface area contributed by atoms with Gasteiger partial charge in [-0.3, -0.25) is 10.1 Å². The number of rotatable bonds is 7. The zero-order valence-electron chi connectivity index (χ0n) is 11.2. The summed E-state index contributed by atoms with van der Waals surface area (Å²) in [4.78, 5) is 11.1. The lowest BCUT2D eigenvalue weighted by atomic mass is 10.0. The zero-order chi connectivity index (χ0) is 13.5. The third-order valence-corrected chi connectivity index (χ3v) is 2.96. The molecule has 0 aliphatic rings. The summed E-state index contributed by atoms with van der Waals surface area (Å²) in [6.07, 6.45) is 2.16. The van der Waals surface area contributed by atoms with E-state index in [2.05, 4.69) is 5.32 Å². The summed E-state index contributed by atoms with van der Waals surface area (Å²) in [6, 6.07) is 5.58. The molecule has 2 N–H and O–H groups in total. The van der Waals surface area contributed by atoms with Crippen molar-refractivity contribution >= 4 is 18.4 Å². The third-order valence-electron chi connectivity index (χ3n) is 2.96. The highest BCUT2D eigenvalue weighted by Gasteiger charge is 2.20. The van der Waals surface area contributed by atoms with E-state index in [1.54, 1.807) is 12.1 Å². The van der Waals surface area contributed by atoms with E-state index in [-0.39, 0.29) is 24.3 Å². The van der Waals surface area contributed by atoms with Gasteiger partial charge in [-0.15, -0.1) is 12.4 Å². The van der Waals surface area contributed by atoms with Crippen LogP contribution in [0.3, 0.4) is 0 Å². The van der Waals surface area contributed by atoms with Crippen LogP contribution in [0.25, 0.3) is 0 Å². The summed E-state index contributed by atoms with van der Waals surface area (Å²) in [7, 11) is 0. The van der Waals surface area contributed by atoms with Crippen molar-refractivity contribution < 1.29 is 14.3 Å². The number of carboxylic acids is 1. The molecular formula is C14H21ClFNO2. The number of hydrogen-bond donors (Lipinski definition) is 2. The molecule has 0 radical (unpaired) electrons. The Morgan fingerprint density at radius 2 is 1.89 bits per heavy atom. The molecule has 19 heavy (non-hydrogen) atoms. The number of carbonyl (C=O) groups is 1. The smallest absolute Gasteiger partial charge is 0.320 e. The van der Waals surface area contributed by atoms with Crippen LogP contribution in [0.15, 0.2) is 24.3 Å². The van der Waals surface area contributed by atoms with E-state index in [0.717, 1.165) is 18.4 Å². The molecule has 0 bridgehead atoms. The van der Waals surface area contributed by atoms with Gasteiger partial charge in [-0.1, -0.05) is 32.4 Å². The zero-order valence-corrected chi connectivity index (χ0v) is 12.0. The summed E-state index contributed by atoms with van der Waals surface area (Å²) in [5.41, 5.74) is 0.918. The number of benzene rings is 1. The Hall–Kier alpha value is -1.13. The average molecular weight is 290 g/mol. The second kappa shape index (κ2) is 8.88. The van der Waals surface area contributed by atoms with Crippen molar-refractivity contribution in [3.05, 3.63) is 35.6 Å². The minimum atomic E-state index is -0.836. The number of hydrogen-bond acceptors (Lipinski definition) is 2. The van der Waals surface area contributed by atoms with E-state index in [1.165, 1.54) is 12.1 Å². The van der Waals surface area contributed by atoms with Crippen LogP contribution in [0, 0.1) is 5.82 Å². The molecule has 0 saturated heterocycles. The lowest BCUT2D eigenvalue weighted by Crippen LogP contribution is -2.38. The SMILES string of the molecule is CCCC(NC(CC)c1ccc(F)cc1)C(=O)O.Cl. The standard InChI is InChI=1S/C14H20FNO2.ClH/c1-3-5-13(14(17)18)16-12(4-2)10-6-8-11(15)9-7-10;/h6-9,12-13,16H,3-5H2,1-2H3,(H,17,18);1H. The Morgan fingerprint density at radius 1 is 1.32 bits per heavy atom. The normalized spacial score (nSPS) is 13.4. The Bertz CT molecular complexity index is 384. The molecule has 0 aliphatic heterocycles. The van der Waals surface area contributed by atoms with E-state index in [0.29, 0.717) is 6.42 Å². The molecule has 0 fully saturated rings. The van der Waals surface area contributed by atoms with Gasteiger partial charge in [-0.2, -0.15) is 0 Å². The van der Waals surface area contributed by atoms with Gasteiger partial charge in [-0.05, 0) is 30.5 Å². The molecule has 0 spiro atoms. The van der Waals surface area contributed by atoms with Crippen LogP contribution < -0.4 is 5.32 Å². The maximum atomic E-state index is 12.9. The number of carboxylic acid groups (broad SMARTS) is 1. The molecule has 2 atom stereocenters. The van der Waals surface area contributed by atoms with Gasteiger partial charge in [0.1, 0.15) is 11.9 Å². The Balaban J connectivity index is 0.00000324. The van der Waals surface area contributed by atoms with Crippen LogP contribution >= 0.6 is 12.4 Å². The first-order chi connectivity index (χ1) is 8.58. The number of halogens is 2. The van der Waals surface area contributed by atoms with Crippen molar-refractivity contribution in [3.63, 3.8) is 0 Å². The summed E-state index contributed by atoms with van der Waals surface area (Å²) < 4.78 is 12.9. The van der Waals surface area contributed by atoms with Crippen LogP contribution in [0.1, 0.15) is 44.7 Å². The fraction of sp³-hybridized carbons (Fsp3) is 0.500. The predicted molar refractivity (Wildman–Crippen MR) is 76.1 cm³/mol. The van der Waals surface area contributed by atoms with E-state index < -0.39 is 12.0 Å². The molecule has 1 aromatic carbocycles. The quantitative estimate of drug-likeness (QED) is 0.807. The molecule has 0 heterocycles. The van der Waals surface area contributed by atoms with Gasteiger partial charge in [-0.25, -0.2) is 4.39 Å². The molecule has 0 aliphatic carbocycles. The van der Waals surface area contributed by atoms with Crippen molar-refractivity contribution in [1.29, 1.82) is 0 Å². The van der Waals surface area contributed by atoms with Crippen molar-refractivity contribution in [2.75, 3.05) is 0 Å². The van der Waals surface area contributed by atoms with Gasteiger partial charge in [0.15, 0.2) is 0 Å². The second-order valence-corrected chi connectivity index (χ2v) is 4.36. The molecule has 0 aromatic heterocycles. The van der Waals surface area contributed by atoms with Gasteiger partial charge in [0.2, 0.25) is 0 Å². The maximum Gasteiger partial charge on any atom is 0.320 e. The molecule has 1 rings (SSSR count). The summed E-state index contributed by atoms with van der Waals surface area (Å²) in [5.74, 6) is -1.12. The van der Waals surface area contributed by atoms with E-state index in [4.69, 9.17) is 5.11 Å². The molecule has 3 nitrogen and oxygen atoms in total. The lowest BCUT2D eigenvalue weighted by molar-refractivity contribution is -0.139.